The lowest BCUT2D eigenvalue weighted by molar-refractivity contribution is 0.0836. The molecule has 1 saturated heterocycles. The molecular formula is C20H17NO4. The van der Waals surface area contributed by atoms with Crippen molar-refractivity contribution < 1.29 is 14.3 Å². The number of hydrogen-bond donors (Lipinski definition) is 2. The topological polar surface area (TPSA) is 71.7 Å². The van der Waals surface area contributed by atoms with Crippen molar-refractivity contribution in [1.29, 1.82) is 0 Å². The standard InChI is InChI=1S/C20H17NO4/c22-12-7-5-11(6-8-12)17-14-9-10-24-19(14)16-13-3-1-2-4-15(13)25-20(23)18(16)21-17/h1-8,14,17,19,21-22H,9-10H2/t14-,17+,19-/m0/s1. The highest BCUT2D eigenvalue weighted by Crippen LogP contribution is 2.50. The molecule has 0 bridgehead atoms. The third-order valence-corrected chi connectivity index (χ3v) is 5.26. The summed E-state index contributed by atoms with van der Waals surface area (Å²) in [6, 6.07) is 14.6. The number of fused-ring (bicyclic) bond motifs is 5. The lowest BCUT2D eigenvalue weighted by Crippen LogP contribution is -2.32. The molecule has 3 aromatic rings. The van der Waals surface area contributed by atoms with Crippen LogP contribution in [0.3, 0.4) is 0 Å². The Labute approximate surface area is 143 Å². The summed E-state index contributed by atoms with van der Waals surface area (Å²) in [5, 5.41) is 13.9. The number of phenolic OH excluding ortho intramolecular Hbond substituents is 1. The highest BCUT2D eigenvalue weighted by Gasteiger charge is 2.43. The Morgan fingerprint density at radius 2 is 1.88 bits per heavy atom. The van der Waals surface area contributed by atoms with E-state index in [0.717, 1.165) is 22.9 Å². The van der Waals surface area contributed by atoms with Crippen molar-refractivity contribution in [2.45, 2.75) is 18.6 Å². The largest absolute Gasteiger partial charge is 0.508 e. The van der Waals surface area contributed by atoms with Crippen molar-refractivity contribution in [3.05, 3.63) is 70.1 Å². The van der Waals surface area contributed by atoms with E-state index in [-0.39, 0.29) is 29.4 Å². The maximum atomic E-state index is 12.6. The second-order valence-corrected chi connectivity index (χ2v) is 6.63. The number of ether oxygens (including phenoxy) is 1. The Bertz CT molecular complexity index is 1010. The van der Waals surface area contributed by atoms with Crippen LogP contribution < -0.4 is 10.9 Å². The molecule has 5 nitrogen and oxygen atoms in total. The van der Waals surface area contributed by atoms with Crippen molar-refractivity contribution >= 4 is 16.7 Å². The van der Waals surface area contributed by atoms with Crippen LogP contribution in [0, 0.1) is 5.92 Å². The Kier molecular flexibility index (Phi) is 3.12. The van der Waals surface area contributed by atoms with Crippen LogP contribution in [0.2, 0.25) is 0 Å². The minimum atomic E-state index is -0.369. The molecule has 25 heavy (non-hydrogen) atoms. The van der Waals surface area contributed by atoms with Crippen molar-refractivity contribution in [3.63, 3.8) is 0 Å². The molecule has 0 amide bonds. The van der Waals surface area contributed by atoms with E-state index in [9.17, 15) is 9.90 Å². The number of rotatable bonds is 1. The first kappa shape index (κ1) is 14.5. The number of benzene rings is 2. The number of nitrogens with one attached hydrogen (secondary N) is 1. The Balaban J connectivity index is 1.72. The van der Waals surface area contributed by atoms with Gasteiger partial charge in [0.2, 0.25) is 0 Å². The number of hydrogen-bond acceptors (Lipinski definition) is 5. The molecule has 0 unspecified atom stereocenters. The van der Waals surface area contributed by atoms with Gasteiger partial charge in [0.25, 0.3) is 0 Å². The van der Waals surface area contributed by atoms with E-state index in [1.165, 1.54) is 0 Å². The number of anilines is 1. The fraction of sp³-hybridized carbons (Fsp3) is 0.250. The molecule has 3 heterocycles. The highest BCUT2D eigenvalue weighted by atomic mass is 16.5. The third-order valence-electron chi connectivity index (χ3n) is 5.26. The fourth-order valence-corrected chi connectivity index (χ4v) is 4.13. The van der Waals surface area contributed by atoms with Gasteiger partial charge in [-0.3, -0.25) is 0 Å². The van der Waals surface area contributed by atoms with E-state index in [1.807, 2.05) is 36.4 Å². The molecule has 1 fully saturated rings. The van der Waals surface area contributed by atoms with Crippen LogP contribution in [-0.4, -0.2) is 11.7 Å². The van der Waals surface area contributed by atoms with E-state index in [2.05, 4.69) is 5.32 Å². The summed E-state index contributed by atoms with van der Waals surface area (Å²) < 4.78 is 11.6. The van der Waals surface area contributed by atoms with Crippen LogP contribution in [0.4, 0.5) is 5.69 Å². The normalized spacial score (nSPS) is 24.6. The summed E-state index contributed by atoms with van der Waals surface area (Å²) >= 11 is 0. The maximum absolute atomic E-state index is 12.6. The van der Waals surface area contributed by atoms with Crippen molar-refractivity contribution in [1.82, 2.24) is 0 Å². The zero-order valence-electron chi connectivity index (χ0n) is 13.4. The van der Waals surface area contributed by atoms with E-state index in [4.69, 9.17) is 9.15 Å². The molecule has 0 aliphatic carbocycles. The SMILES string of the molecule is O=c1oc2ccccc2c2c1N[C@H](c1ccc(O)cc1)[C@@H]1CCO[C@H]21. The zero-order chi connectivity index (χ0) is 17.0. The molecule has 0 spiro atoms. The summed E-state index contributed by atoms with van der Waals surface area (Å²) in [6.07, 6.45) is 0.779. The van der Waals surface area contributed by atoms with Crippen LogP contribution in [0.1, 0.15) is 29.7 Å². The monoisotopic (exact) mass is 335 g/mol. The van der Waals surface area contributed by atoms with Gasteiger partial charge in [0, 0.05) is 23.5 Å². The molecule has 2 N–H and O–H groups in total. The van der Waals surface area contributed by atoms with Gasteiger partial charge in [-0.15, -0.1) is 0 Å². The van der Waals surface area contributed by atoms with Crippen molar-refractivity contribution in [3.8, 4) is 5.75 Å². The number of phenols is 1. The first-order chi connectivity index (χ1) is 12.2. The minimum Gasteiger partial charge on any atom is -0.508 e. The van der Waals surface area contributed by atoms with E-state index in [1.54, 1.807) is 12.1 Å². The van der Waals surface area contributed by atoms with Crippen LogP contribution in [0.5, 0.6) is 5.75 Å². The van der Waals surface area contributed by atoms with Gasteiger partial charge >= 0.3 is 5.63 Å². The quantitative estimate of drug-likeness (QED) is 0.663. The van der Waals surface area contributed by atoms with Crippen LogP contribution in [0.25, 0.3) is 11.0 Å². The van der Waals surface area contributed by atoms with E-state index < -0.39 is 0 Å². The van der Waals surface area contributed by atoms with Gasteiger partial charge < -0.3 is 19.6 Å². The van der Waals surface area contributed by atoms with Crippen LogP contribution in [0.15, 0.2) is 57.7 Å². The van der Waals surface area contributed by atoms with Gasteiger partial charge in [-0.25, -0.2) is 4.79 Å². The van der Waals surface area contributed by atoms with Gasteiger partial charge in [0.05, 0.1) is 12.1 Å². The molecular weight excluding hydrogens is 318 g/mol. The predicted octanol–water partition coefficient (Wildman–Crippen LogP) is 3.74. The summed E-state index contributed by atoms with van der Waals surface area (Å²) in [5.74, 6) is 0.451. The molecule has 1 aromatic heterocycles. The molecule has 5 heteroatoms. The van der Waals surface area contributed by atoms with E-state index >= 15 is 0 Å². The van der Waals surface area contributed by atoms with Gasteiger partial charge in [-0.05, 0) is 30.2 Å². The second-order valence-electron chi connectivity index (χ2n) is 6.63. The summed E-state index contributed by atoms with van der Waals surface area (Å²) in [5.41, 5.74) is 2.64. The molecule has 2 aliphatic heterocycles. The van der Waals surface area contributed by atoms with Crippen LogP contribution >= 0.6 is 0 Å². The molecule has 3 atom stereocenters. The summed E-state index contributed by atoms with van der Waals surface area (Å²) in [7, 11) is 0. The lowest BCUT2D eigenvalue weighted by atomic mass is 9.80. The van der Waals surface area contributed by atoms with Gasteiger partial charge in [0.15, 0.2) is 0 Å². The Hall–Kier alpha value is -2.79. The smallest absolute Gasteiger partial charge is 0.360 e. The van der Waals surface area contributed by atoms with Crippen LogP contribution in [-0.2, 0) is 4.74 Å². The summed E-state index contributed by atoms with van der Waals surface area (Å²) in [6.45, 7) is 0.666. The minimum absolute atomic E-state index is 0.0512. The summed E-state index contributed by atoms with van der Waals surface area (Å²) in [4.78, 5) is 12.6. The Morgan fingerprint density at radius 3 is 2.72 bits per heavy atom. The molecule has 2 aliphatic rings. The molecule has 2 aromatic carbocycles. The third kappa shape index (κ3) is 2.16. The predicted molar refractivity (Wildman–Crippen MR) is 93.8 cm³/mol. The van der Waals surface area contributed by atoms with Gasteiger partial charge in [0.1, 0.15) is 17.0 Å². The van der Waals surface area contributed by atoms with Crippen molar-refractivity contribution in [2.24, 2.45) is 5.92 Å². The lowest BCUT2D eigenvalue weighted by Gasteiger charge is -2.36. The molecule has 0 saturated carbocycles. The first-order valence-electron chi connectivity index (χ1n) is 8.45. The van der Waals surface area contributed by atoms with E-state index in [0.29, 0.717) is 17.9 Å². The zero-order valence-corrected chi connectivity index (χ0v) is 13.4. The Morgan fingerprint density at radius 1 is 1.08 bits per heavy atom. The second kappa shape index (κ2) is 5.36. The molecule has 5 rings (SSSR count). The number of aromatic hydroxyl groups is 1. The molecule has 126 valence electrons. The number of para-hydroxylation sites is 1. The van der Waals surface area contributed by atoms with Gasteiger partial charge in [-0.1, -0.05) is 30.3 Å². The molecule has 0 radical (unpaired) electrons. The average molecular weight is 335 g/mol. The fourth-order valence-electron chi connectivity index (χ4n) is 4.13. The highest BCUT2D eigenvalue weighted by molar-refractivity contribution is 5.86. The maximum Gasteiger partial charge on any atom is 0.360 e. The first-order valence-corrected chi connectivity index (χ1v) is 8.45. The average Bonchev–Trinajstić information content (AvgIpc) is 3.11. The van der Waals surface area contributed by atoms with Crippen molar-refractivity contribution in [2.75, 3.05) is 11.9 Å². The van der Waals surface area contributed by atoms with Gasteiger partial charge in [-0.2, -0.15) is 0 Å².